The van der Waals surface area contributed by atoms with E-state index in [-0.39, 0.29) is 17.7 Å². The lowest BCUT2D eigenvalue weighted by molar-refractivity contribution is -0.123. The van der Waals surface area contributed by atoms with E-state index in [1.807, 2.05) is 73.7 Å². The summed E-state index contributed by atoms with van der Waals surface area (Å²) in [6.45, 7) is 2.84. The lowest BCUT2D eigenvalue weighted by Gasteiger charge is -2.15. The van der Waals surface area contributed by atoms with Gasteiger partial charge in [0.15, 0.2) is 11.5 Å². The smallest absolute Gasteiger partial charge is 0.293 e. The molecule has 0 saturated carbocycles. The van der Waals surface area contributed by atoms with Crippen molar-refractivity contribution in [1.82, 2.24) is 4.90 Å². The molecule has 1 saturated heterocycles. The second-order valence-corrected chi connectivity index (χ2v) is 11.2. The fourth-order valence-corrected chi connectivity index (χ4v) is 5.67. The zero-order valence-corrected chi connectivity index (χ0v) is 24.2. The third kappa shape index (κ3) is 5.85. The molecule has 1 aliphatic heterocycles. The van der Waals surface area contributed by atoms with Gasteiger partial charge in [0.25, 0.3) is 11.1 Å². The zero-order valence-electron chi connectivity index (χ0n) is 20.4. The van der Waals surface area contributed by atoms with E-state index in [9.17, 15) is 9.59 Å². The number of imide groups is 1. The van der Waals surface area contributed by atoms with Crippen LogP contribution in [-0.4, -0.2) is 22.7 Å². The number of fused-ring (bicyclic) bond motifs is 1. The topological polar surface area (TPSA) is 55.8 Å². The Bertz CT molecular complexity index is 1550. The van der Waals surface area contributed by atoms with Crippen molar-refractivity contribution >= 4 is 73.9 Å². The van der Waals surface area contributed by atoms with Gasteiger partial charge in [0.2, 0.25) is 0 Å². The van der Waals surface area contributed by atoms with E-state index in [1.165, 1.54) is 4.90 Å². The van der Waals surface area contributed by atoms with Gasteiger partial charge in [0, 0.05) is 3.57 Å². The normalized spacial score (nSPS) is 14.5. The van der Waals surface area contributed by atoms with E-state index in [4.69, 9.17) is 21.1 Å². The van der Waals surface area contributed by atoms with Crippen molar-refractivity contribution in [2.75, 3.05) is 6.61 Å². The molecule has 192 valence electrons. The highest BCUT2D eigenvalue weighted by Gasteiger charge is 2.35. The van der Waals surface area contributed by atoms with Gasteiger partial charge in [-0.25, -0.2) is 0 Å². The van der Waals surface area contributed by atoms with Gasteiger partial charge in [-0.3, -0.25) is 14.5 Å². The molecule has 0 atom stereocenters. The third-order valence-corrected chi connectivity index (χ3v) is 7.92. The number of carbonyl (C=O) groups excluding carboxylic acids is 2. The van der Waals surface area contributed by atoms with E-state index in [1.54, 1.807) is 18.2 Å². The lowest BCUT2D eigenvalue weighted by Crippen LogP contribution is -2.27. The fraction of sp³-hybridized carbons (Fsp3) is 0.133. The molecule has 0 radical (unpaired) electrons. The van der Waals surface area contributed by atoms with Crippen LogP contribution in [0.3, 0.4) is 0 Å². The second kappa shape index (κ2) is 11.8. The molecule has 1 fully saturated rings. The van der Waals surface area contributed by atoms with Gasteiger partial charge < -0.3 is 9.47 Å². The van der Waals surface area contributed by atoms with Crippen LogP contribution >= 0.6 is 46.0 Å². The monoisotopic (exact) mass is 655 g/mol. The van der Waals surface area contributed by atoms with Crippen molar-refractivity contribution < 1.29 is 19.1 Å². The number of thioether (sulfide) groups is 1. The molecule has 1 aliphatic rings. The Morgan fingerprint density at radius 1 is 0.974 bits per heavy atom. The largest absolute Gasteiger partial charge is 0.490 e. The van der Waals surface area contributed by atoms with Crippen molar-refractivity contribution in [3.63, 3.8) is 0 Å². The number of benzene rings is 4. The maximum Gasteiger partial charge on any atom is 0.293 e. The number of amides is 2. The molecule has 0 bridgehead atoms. The minimum absolute atomic E-state index is 0.208. The standard InChI is InChI=1S/C30H23ClINO4S/c1-2-36-26-15-20(14-25(31)28(26)37-18-19-10-12-23(32)13-11-19)16-27-29(34)33(30(35)38-27)17-22-8-5-7-21-6-3-4-9-24(21)22/h3-16H,2,17-18H2,1H3/b27-16+. The molecule has 0 N–H and O–H groups in total. The average Bonchev–Trinajstić information content (AvgIpc) is 3.17. The van der Waals surface area contributed by atoms with Crippen molar-refractivity contribution in [3.05, 3.63) is 109 Å². The van der Waals surface area contributed by atoms with Crippen molar-refractivity contribution in [1.29, 1.82) is 0 Å². The molecule has 0 aliphatic carbocycles. The summed E-state index contributed by atoms with van der Waals surface area (Å²) in [5, 5.41) is 2.15. The summed E-state index contributed by atoms with van der Waals surface area (Å²) in [5.41, 5.74) is 2.58. The maximum atomic E-state index is 13.2. The summed E-state index contributed by atoms with van der Waals surface area (Å²) >= 11 is 9.78. The predicted molar refractivity (Wildman–Crippen MR) is 162 cm³/mol. The number of halogens is 2. The second-order valence-electron chi connectivity index (χ2n) is 8.58. The number of nitrogens with zero attached hydrogens (tertiary/aromatic N) is 1. The van der Waals surface area contributed by atoms with Gasteiger partial charge in [0.05, 0.1) is 23.1 Å². The molecular formula is C30H23ClINO4S. The molecule has 2 amide bonds. The van der Waals surface area contributed by atoms with Crippen molar-refractivity contribution in [2.45, 2.75) is 20.1 Å². The highest BCUT2D eigenvalue weighted by atomic mass is 127. The number of hydrogen-bond acceptors (Lipinski definition) is 5. The van der Waals surface area contributed by atoms with Gasteiger partial charge in [0.1, 0.15) is 6.61 Å². The molecule has 1 heterocycles. The van der Waals surface area contributed by atoms with Gasteiger partial charge in [-0.1, -0.05) is 66.2 Å². The van der Waals surface area contributed by atoms with Crippen LogP contribution in [0, 0.1) is 3.57 Å². The molecule has 4 aromatic carbocycles. The first-order chi connectivity index (χ1) is 18.4. The zero-order chi connectivity index (χ0) is 26.6. The van der Waals surface area contributed by atoms with Gasteiger partial charge >= 0.3 is 0 Å². The molecular weight excluding hydrogens is 633 g/mol. The third-order valence-electron chi connectivity index (χ3n) is 6.01. The van der Waals surface area contributed by atoms with Gasteiger partial charge in [-0.2, -0.15) is 0 Å². The van der Waals surface area contributed by atoms with E-state index in [0.717, 1.165) is 37.2 Å². The highest BCUT2D eigenvalue weighted by molar-refractivity contribution is 14.1. The average molecular weight is 656 g/mol. The summed E-state index contributed by atoms with van der Waals surface area (Å²) in [7, 11) is 0. The Balaban J connectivity index is 1.38. The SMILES string of the molecule is CCOc1cc(/C=C2/SC(=O)N(Cc3cccc4ccccc34)C2=O)cc(Cl)c1OCc1ccc(I)cc1. The number of rotatable bonds is 8. The van der Waals surface area contributed by atoms with Crippen LogP contribution in [0.4, 0.5) is 4.79 Å². The Hall–Kier alpha value is -3.01. The number of hydrogen-bond donors (Lipinski definition) is 0. The van der Waals surface area contributed by atoms with Gasteiger partial charge in [-0.15, -0.1) is 0 Å². The summed E-state index contributed by atoms with van der Waals surface area (Å²) in [6, 6.07) is 25.3. The minimum Gasteiger partial charge on any atom is -0.490 e. The predicted octanol–water partition coefficient (Wildman–Crippen LogP) is 8.31. The first-order valence-corrected chi connectivity index (χ1v) is 14.3. The van der Waals surface area contributed by atoms with Crippen LogP contribution < -0.4 is 9.47 Å². The highest BCUT2D eigenvalue weighted by Crippen LogP contribution is 2.40. The molecule has 38 heavy (non-hydrogen) atoms. The minimum atomic E-state index is -0.332. The van der Waals surface area contributed by atoms with Crippen LogP contribution in [0.25, 0.3) is 16.8 Å². The molecule has 0 aromatic heterocycles. The van der Waals surface area contributed by atoms with Crippen LogP contribution in [-0.2, 0) is 17.9 Å². The van der Waals surface area contributed by atoms with Crippen LogP contribution in [0.5, 0.6) is 11.5 Å². The van der Waals surface area contributed by atoms with Crippen molar-refractivity contribution in [3.8, 4) is 11.5 Å². The summed E-state index contributed by atoms with van der Waals surface area (Å²) in [4.78, 5) is 27.7. The Morgan fingerprint density at radius 3 is 2.53 bits per heavy atom. The van der Waals surface area contributed by atoms with Crippen molar-refractivity contribution in [2.24, 2.45) is 0 Å². The molecule has 5 rings (SSSR count). The van der Waals surface area contributed by atoms with E-state index in [0.29, 0.717) is 40.2 Å². The van der Waals surface area contributed by atoms with E-state index in [2.05, 4.69) is 22.6 Å². The van der Waals surface area contributed by atoms with E-state index < -0.39 is 0 Å². The first kappa shape index (κ1) is 26.6. The van der Waals surface area contributed by atoms with E-state index >= 15 is 0 Å². The van der Waals surface area contributed by atoms with Crippen LogP contribution in [0.1, 0.15) is 23.6 Å². The fourth-order valence-electron chi connectivity index (χ4n) is 4.20. The molecule has 8 heteroatoms. The molecule has 4 aromatic rings. The summed E-state index contributed by atoms with van der Waals surface area (Å²) in [6.07, 6.45) is 1.67. The quantitative estimate of drug-likeness (QED) is 0.141. The maximum absolute atomic E-state index is 13.2. The number of carbonyl (C=O) groups is 2. The Kier molecular flexibility index (Phi) is 8.26. The number of ether oxygens (including phenoxy) is 2. The summed E-state index contributed by atoms with van der Waals surface area (Å²) in [5.74, 6) is 0.584. The molecule has 0 unspecified atom stereocenters. The molecule has 0 spiro atoms. The lowest BCUT2D eigenvalue weighted by atomic mass is 10.0. The Morgan fingerprint density at radius 2 is 1.74 bits per heavy atom. The van der Waals surface area contributed by atoms with Gasteiger partial charge in [-0.05, 0) is 99.1 Å². The first-order valence-electron chi connectivity index (χ1n) is 12.0. The Labute approximate surface area is 243 Å². The van der Waals surface area contributed by atoms with Crippen LogP contribution in [0.2, 0.25) is 5.02 Å². The van der Waals surface area contributed by atoms with Crippen LogP contribution in [0.15, 0.2) is 83.8 Å². The molecule has 5 nitrogen and oxygen atoms in total. The summed E-state index contributed by atoms with van der Waals surface area (Å²) < 4.78 is 13.0.